The number of carboxylic acid groups (broad SMARTS) is 2. The van der Waals surface area contributed by atoms with Gasteiger partial charge < -0.3 is 36.3 Å². The second kappa shape index (κ2) is 30.2. The molecule has 16 nitrogen and oxygen atoms in total. The Balaban J connectivity index is 4.61. The molecule has 0 aliphatic rings. The number of rotatable bonds is 34. The highest BCUT2D eigenvalue weighted by atomic mass is 32.2. The van der Waals surface area contributed by atoms with Gasteiger partial charge in [0.2, 0.25) is 23.6 Å². The highest BCUT2D eigenvalue weighted by molar-refractivity contribution is 7.85. The van der Waals surface area contributed by atoms with Crippen molar-refractivity contribution in [1.29, 1.82) is 0 Å². The van der Waals surface area contributed by atoms with Crippen LogP contribution in [0, 0.1) is 0 Å². The van der Waals surface area contributed by atoms with Crippen molar-refractivity contribution in [1.82, 2.24) is 21.3 Å². The summed E-state index contributed by atoms with van der Waals surface area (Å²) in [6.07, 6.45) is 16.1. The van der Waals surface area contributed by atoms with Crippen LogP contribution in [0.2, 0.25) is 0 Å². The van der Waals surface area contributed by atoms with E-state index in [4.69, 9.17) is 0 Å². The Bertz CT molecular complexity index is 1200. The van der Waals surface area contributed by atoms with Gasteiger partial charge in [-0.1, -0.05) is 77.0 Å². The first kappa shape index (κ1) is 48.8. The monoisotopic (exact) mass is 780 g/mol. The molecule has 0 aliphatic heterocycles. The van der Waals surface area contributed by atoms with Gasteiger partial charge in [0.1, 0.15) is 30.2 Å². The van der Waals surface area contributed by atoms with E-state index in [1.165, 1.54) is 38.5 Å². The quantitative estimate of drug-likeness (QED) is 0.0203. The lowest BCUT2D eigenvalue weighted by Gasteiger charge is -2.21. The summed E-state index contributed by atoms with van der Waals surface area (Å²) in [5.41, 5.74) is 0. The van der Waals surface area contributed by atoms with Gasteiger partial charge in [-0.2, -0.15) is 21.0 Å². The van der Waals surface area contributed by atoms with E-state index in [9.17, 15) is 56.7 Å². The van der Waals surface area contributed by atoms with Gasteiger partial charge in [0.15, 0.2) is 0 Å². The van der Waals surface area contributed by atoms with E-state index in [1.807, 2.05) is 0 Å². The van der Waals surface area contributed by atoms with E-state index in [1.54, 1.807) is 0 Å². The summed E-state index contributed by atoms with van der Waals surface area (Å²) < 4.78 is 32.5. The lowest BCUT2D eigenvalue weighted by molar-refractivity contribution is -0.143. The molecular formula is C34H60N4O12S2. The van der Waals surface area contributed by atoms with Crippen molar-refractivity contribution < 1.29 is 56.7 Å². The molecule has 52 heavy (non-hydrogen) atoms. The summed E-state index contributed by atoms with van der Waals surface area (Å²) in [4.78, 5) is 82.7. The van der Waals surface area contributed by atoms with Gasteiger partial charge in [-0.3, -0.25) is 23.7 Å². The van der Waals surface area contributed by atoms with Gasteiger partial charge in [-0.05, 0) is 38.5 Å². The molecule has 0 saturated heterocycles. The summed E-state index contributed by atoms with van der Waals surface area (Å²) in [7, 11) is -4.76. The van der Waals surface area contributed by atoms with Gasteiger partial charge in [-0.15, -0.1) is 0 Å². The number of carboxylic acids is 2. The third-order valence-electron chi connectivity index (χ3n) is 8.30. The molecule has 0 bridgehead atoms. The van der Waals surface area contributed by atoms with Gasteiger partial charge in [0.05, 0.1) is 5.75 Å². The molecular weight excluding hydrogens is 721 g/mol. The maximum Gasteiger partial charge on any atom is 0.326 e. The van der Waals surface area contributed by atoms with E-state index in [0.717, 1.165) is 51.2 Å². The summed E-state index contributed by atoms with van der Waals surface area (Å²) in [6.45, 7) is 0.299. The second-order valence-electron chi connectivity index (χ2n) is 12.9. The minimum Gasteiger partial charge on any atom is -0.480 e. The van der Waals surface area contributed by atoms with Crippen LogP contribution in [0.5, 0.6) is 0 Å². The molecule has 0 aliphatic carbocycles. The molecule has 0 rings (SSSR count). The molecule has 4 amide bonds. The number of aliphatic carboxylic acids is 2. The van der Waals surface area contributed by atoms with Crippen molar-refractivity contribution in [2.45, 2.75) is 153 Å². The minimum absolute atomic E-state index is 0.0107. The van der Waals surface area contributed by atoms with E-state index in [-0.39, 0.29) is 24.5 Å². The van der Waals surface area contributed by atoms with Crippen molar-refractivity contribution in [2.24, 2.45) is 0 Å². The lowest BCUT2D eigenvalue weighted by atomic mass is 10.0. The molecule has 7 N–H and O–H groups in total. The largest absolute Gasteiger partial charge is 0.480 e. The van der Waals surface area contributed by atoms with E-state index >= 15 is 0 Å². The van der Waals surface area contributed by atoms with Crippen molar-refractivity contribution in [2.75, 3.05) is 18.1 Å². The number of amides is 4. The third-order valence-corrected chi connectivity index (χ3v) is 9.34. The molecule has 0 aromatic heterocycles. The van der Waals surface area contributed by atoms with Crippen LogP contribution in [-0.4, -0.2) is 101 Å². The van der Waals surface area contributed by atoms with Crippen LogP contribution in [0.15, 0.2) is 0 Å². The Labute approximate surface area is 312 Å². The number of hydrogen-bond acceptors (Lipinski definition) is 10. The van der Waals surface area contributed by atoms with Gasteiger partial charge >= 0.3 is 11.9 Å². The Morgan fingerprint density at radius 3 is 1.52 bits per heavy atom. The molecule has 0 saturated carbocycles. The maximum absolute atomic E-state index is 12.9. The van der Waals surface area contributed by atoms with Crippen LogP contribution in [0.4, 0.5) is 0 Å². The summed E-state index contributed by atoms with van der Waals surface area (Å²) in [5.74, 6) is -6.98. The lowest BCUT2D eigenvalue weighted by Crippen LogP contribution is -2.54. The van der Waals surface area contributed by atoms with E-state index in [2.05, 4.69) is 33.9 Å². The molecule has 0 aromatic rings. The summed E-state index contributed by atoms with van der Waals surface area (Å²) in [6, 6.07) is -4.76. The van der Waals surface area contributed by atoms with E-state index < -0.39 is 76.5 Å². The van der Waals surface area contributed by atoms with Crippen LogP contribution in [0.1, 0.15) is 135 Å². The number of unbranched alkanes of at least 4 members (excludes halogenated alkanes) is 15. The van der Waals surface area contributed by atoms with Crippen LogP contribution in [0.25, 0.3) is 0 Å². The average Bonchev–Trinajstić information content (AvgIpc) is 3.07. The molecule has 300 valence electrons. The van der Waals surface area contributed by atoms with Gasteiger partial charge in [-0.25, -0.2) is 9.59 Å². The SMILES string of the molecule is O=CCCCCCCCCCCCCCCCCC(=O)NC(CS(=O)(=O)O)C(=O)NC(CCC(=O)NC(CCCCNC(=O)CS)C(=O)O)C(=O)O. The van der Waals surface area contributed by atoms with Crippen LogP contribution in [-0.2, 0) is 43.7 Å². The maximum atomic E-state index is 12.9. The third kappa shape index (κ3) is 28.3. The molecule has 3 atom stereocenters. The fourth-order valence-electron chi connectivity index (χ4n) is 5.38. The molecule has 3 unspecified atom stereocenters. The van der Waals surface area contributed by atoms with Crippen LogP contribution < -0.4 is 21.3 Å². The average molecular weight is 781 g/mol. The first-order chi connectivity index (χ1) is 24.7. The Morgan fingerprint density at radius 1 is 0.577 bits per heavy atom. The normalized spacial score (nSPS) is 13.0. The smallest absolute Gasteiger partial charge is 0.326 e. The molecule has 0 heterocycles. The number of thiol groups is 1. The minimum atomic E-state index is -4.76. The topological polar surface area (TPSA) is 262 Å². The number of carbonyl (C=O) groups is 7. The number of hydrogen-bond donors (Lipinski definition) is 8. The number of carbonyl (C=O) groups excluding carboxylic acids is 5. The standard InChI is InChI=1S/C34H60N4O12S2/c39-23-17-13-11-9-7-5-3-1-2-4-6-8-10-12-14-19-29(40)37-28(25-52(48,49)50)32(43)38-27(34(46)47)20-21-30(41)36-26(33(44)45)18-15-16-22-35-31(42)24-51/h23,26-28,51H,1-22,24-25H2,(H,35,42)(H,36,41)(H,37,40)(H,38,43)(H,44,45)(H,46,47)(H,48,49,50). The zero-order valence-corrected chi connectivity index (χ0v) is 31.9. The predicted molar refractivity (Wildman–Crippen MR) is 197 cm³/mol. The second-order valence-corrected chi connectivity index (χ2v) is 14.7. The highest BCUT2D eigenvalue weighted by Crippen LogP contribution is 2.14. The van der Waals surface area contributed by atoms with Crippen molar-refractivity contribution in [3.8, 4) is 0 Å². The van der Waals surface area contributed by atoms with Crippen molar-refractivity contribution in [3.63, 3.8) is 0 Å². The van der Waals surface area contributed by atoms with E-state index in [0.29, 0.717) is 32.2 Å². The zero-order valence-electron chi connectivity index (χ0n) is 30.2. The fourth-order valence-corrected chi connectivity index (χ4v) is 6.15. The molecule has 0 fully saturated rings. The van der Waals surface area contributed by atoms with Gasteiger partial charge in [0.25, 0.3) is 10.1 Å². The van der Waals surface area contributed by atoms with Crippen LogP contribution >= 0.6 is 12.6 Å². The first-order valence-electron chi connectivity index (χ1n) is 18.3. The van der Waals surface area contributed by atoms with Crippen molar-refractivity contribution in [3.05, 3.63) is 0 Å². The zero-order chi connectivity index (χ0) is 39.2. The molecule has 0 aromatic carbocycles. The Morgan fingerprint density at radius 2 is 1.04 bits per heavy atom. The fraction of sp³-hybridized carbons (Fsp3) is 0.794. The molecule has 18 heteroatoms. The summed E-state index contributed by atoms with van der Waals surface area (Å²) in [5, 5.41) is 28.2. The number of aldehydes is 1. The molecule has 0 spiro atoms. The Hall–Kier alpha value is -3.25. The van der Waals surface area contributed by atoms with Gasteiger partial charge in [0, 0.05) is 25.8 Å². The van der Waals surface area contributed by atoms with Crippen molar-refractivity contribution >= 4 is 64.6 Å². The first-order valence-corrected chi connectivity index (χ1v) is 20.5. The molecule has 0 radical (unpaired) electrons. The summed E-state index contributed by atoms with van der Waals surface area (Å²) >= 11 is 3.83. The predicted octanol–water partition coefficient (Wildman–Crippen LogP) is 2.93. The van der Waals surface area contributed by atoms with Crippen LogP contribution in [0.3, 0.4) is 0 Å². The Kier molecular flexibility index (Phi) is 28.3. The highest BCUT2D eigenvalue weighted by Gasteiger charge is 2.30. The number of nitrogens with one attached hydrogen (secondary N) is 4.